The lowest BCUT2D eigenvalue weighted by atomic mass is 10.0. The lowest BCUT2D eigenvalue weighted by Crippen LogP contribution is -2.06. The molecule has 2 aromatic rings. The summed E-state index contributed by atoms with van der Waals surface area (Å²) in [7, 11) is 0. The molecule has 0 amide bonds. The van der Waals surface area contributed by atoms with Gasteiger partial charge in [-0.15, -0.1) is 0 Å². The first-order chi connectivity index (χ1) is 12.6. The van der Waals surface area contributed by atoms with Gasteiger partial charge >= 0.3 is 11.9 Å². The molecule has 0 aromatic heterocycles. The van der Waals surface area contributed by atoms with Crippen LogP contribution in [0.4, 0.5) is 0 Å². The summed E-state index contributed by atoms with van der Waals surface area (Å²) in [4.78, 5) is 23.2. The highest BCUT2D eigenvalue weighted by Crippen LogP contribution is 2.23. The Balaban J connectivity index is 1.93. The third-order valence-corrected chi connectivity index (χ3v) is 3.92. The topological polar surface area (TPSA) is 52.6 Å². The summed E-state index contributed by atoms with van der Waals surface area (Å²) >= 11 is 0. The molecule has 0 saturated carbocycles. The highest BCUT2D eigenvalue weighted by molar-refractivity contribution is 5.90. The first kappa shape index (κ1) is 19.4. The summed E-state index contributed by atoms with van der Waals surface area (Å²) in [6.45, 7) is 5.98. The van der Waals surface area contributed by atoms with Crippen LogP contribution >= 0.6 is 0 Å². The second-order valence-corrected chi connectivity index (χ2v) is 5.92. The average Bonchev–Trinajstić information content (AvgIpc) is 2.68. The van der Waals surface area contributed by atoms with E-state index in [2.05, 4.69) is 13.5 Å². The van der Waals surface area contributed by atoms with Crippen LogP contribution in [0.5, 0.6) is 5.75 Å². The maximum atomic E-state index is 12.0. The monoisotopic (exact) mass is 352 g/mol. The Bertz CT molecular complexity index is 730. The predicted octanol–water partition coefficient (Wildman–Crippen LogP) is 5.18. The number of ether oxygens (including phenoxy) is 2. The van der Waals surface area contributed by atoms with Gasteiger partial charge in [0.2, 0.25) is 0 Å². The van der Waals surface area contributed by atoms with Gasteiger partial charge in [-0.25, -0.2) is 9.59 Å². The van der Waals surface area contributed by atoms with Crippen LogP contribution < -0.4 is 4.74 Å². The van der Waals surface area contributed by atoms with Crippen LogP contribution in [0.1, 0.15) is 43.0 Å². The summed E-state index contributed by atoms with van der Waals surface area (Å²) in [5.41, 5.74) is 2.47. The van der Waals surface area contributed by atoms with Gasteiger partial charge in [0.25, 0.3) is 0 Å². The van der Waals surface area contributed by atoms with Gasteiger partial charge in [0, 0.05) is 6.08 Å². The smallest absolute Gasteiger partial charge is 0.338 e. The van der Waals surface area contributed by atoms with Crippen molar-refractivity contribution in [1.82, 2.24) is 0 Å². The molecule has 0 radical (unpaired) electrons. The van der Waals surface area contributed by atoms with Crippen molar-refractivity contribution in [3.63, 3.8) is 0 Å². The van der Waals surface area contributed by atoms with Crippen molar-refractivity contribution in [2.45, 2.75) is 32.6 Å². The van der Waals surface area contributed by atoms with Crippen LogP contribution in [0.2, 0.25) is 0 Å². The van der Waals surface area contributed by atoms with E-state index in [1.165, 1.54) is 0 Å². The molecule has 4 nitrogen and oxygen atoms in total. The Kier molecular flexibility index (Phi) is 7.62. The van der Waals surface area contributed by atoms with Gasteiger partial charge in [-0.3, -0.25) is 0 Å². The minimum Gasteiger partial charge on any atom is -0.462 e. The average molecular weight is 352 g/mol. The Labute approximate surface area is 154 Å². The van der Waals surface area contributed by atoms with E-state index in [0.29, 0.717) is 17.9 Å². The molecular weight excluding hydrogens is 328 g/mol. The number of rotatable bonds is 9. The molecule has 0 heterocycles. The molecule has 0 aliphatic rings. The molecule has 0 aliphatic heterocycles. The van der Waals surface area contributed by atoms with Gasteiger partial charge in [0.1, 0.15) is 5.75 Å². The molecule has 0 unspecified atom stereocenters. The number of esters is 2. The van der Waals surface area contributed by atoms with Crippen LogP contribution in [0, 0.1) is 0 Å². The highest BCUT2D eigenvalue weighted by atomic mass is 16.5. The highest BCUT2D eigenvalue weighted by Gasteiger charge is 2.08. The second-order valence-electron chi connectivity index (χ2n) is 5.92. The summed E-state index contributed by atoms with van der Waals surface area (Å²) < 4.78 is 10.3. The number of hydrogen-bond donors (Lipinski definition) is 0. The minimum atomic E-state index is -0.490. The molecule has 0 bridgehead atoms. The molecule has 2 aromatic carbocycles. The Morgan fingerprint density at radius 1 is 0.923 bits per heavy atom. The second kappa shape index (κ2) is 10.2. The molecule has 4 heteroatoms. The van der Waals surface area contributed by atoms with E-state index in [9.17, 15) is 9.59 Å². The van der Waals surface area contributed by atoms with E-state index in [-0.39, 0.29) is 5.97 Å². The molecule has 0 saturated heterocycles. The fraction of sp³-hybridized carbons (Fsp3) is 0.273. The van der Waals surface area contributed by atoms with Gasteiger partial charge in [-0.05, 0) is 41.8 Å². The number of carbonyl (C=O) groups is 2. The van der Waals surface area contributed by atoms with E-state index in [0.717, 1.165) is 42.9 Å². The summed E-state index contributed by atoms with van der Waals surface area (Å²) in [6, 6.07) is 14.4. The maximum Gasteiger partial charge on any atom is 0.338 e. The molecule has 0 fully saturated rings. The molecule has 0 aliphatic carbocycles. The van der Waals surface area contributed by atoms with Crippen molar-refractivity contribution in [3.05, 3.63) is 66.7 Å². The number of hydrogen-bond acceptors (Lipinski definition) is 4. The van der Waals surface area contributed by atoms with Crippen LogP contribution in [0.25, 0.3) is 11.1 Å². The first-order valence-corrected chi connectivity index (χ1v) is 8.86. The molecule has 0 N–H and O–H groups in total. The van der Waals surface area contributed by atoms with E-state index in [1.54, 1.807) is 24.3 Å². The van der Waals surface area contributed by atoms with Crippen molar-refractivity contribution in [1.29, 1.82) is 0 Å². The number of benzene rings is 2. The zero-order valence-electron chi connectivity index (χ0n) is 15.1. The molecule has 26 heavy (non-hydrogen) atoms. The third-order valence-electron chi connectivity index (χ3n) is 3.92. The zero-order chi connectivity index (χ0) is 18.8. The predicted molar refractivity (Wildman–Crippen MR) is 102 cm³/mol. The molecule has 0 atom stereocenters. The Morgan fingerprint density at radius 2 is 1.54 bits per heavy atom. The zero-order valence-corrected chi connectivity index (χ0v) is 15.1. The standard InChI is InChI=1S/C22H24O4/c1-3-5-6-7-16-25-22(24)19-10-8-17(9-11-19)18-12-14-20(15-13-18)26-21(23)4-2/h4,8-15H,2-3,5-7,16H2,1H3. The van der Waals surface area contributed by atoms with Crippen molar-refractivity contribution in [3.8, 4) is 16.9 Å². The van der Waals surface area contributed by atoms with Crippen molar-refractivity contribution < 1.29 is 19.1 Å². The largest absolute Gasteiger partial charge is 0.462 e. The van der Waals surface area contributed by atoms with Crippen LogP contribution in [0.15, 0.2) is 61.2 Å². The van der Waals surface area contributed by atoms with Crippen LogP contribution in [-0.2, 0) is 9.53 Å². The summed E-state index contributed by atoms with van der Waals surface area (Å²) in [6.07, 6.45) is 5.43. The molecule has 2 rings (SSSR count). The van der Waals surface area contributed by atoms with E-state index < -0.39 is 5.97 Å². The molecule has 0 spiro atoms. The molecular formula is C22H24O4. The first-order valence-electron chi connectivity index (χ1n) is 8.86. The lowest BCUT2D eigenvalue weighted by Gasteiger charge is -2.07. The fourth-order valence-corrected chi connectivity index (χ4v) is 2.45. The Morgan fingerprint density at radius 3 is 2.12 bits per heavy atom. The summed E-state index contributed by atoms with van der Waals surface area (Å²) in [5.74, 6) is -0.322. The SMILES string of the molecule is C=CC(=O)Oc1ccc(-c2ccc(C(=O)OCCCCCC)cc2)cc1. The Hall–Kier alpha value is -2.88. The quantitative estimate of drug-likeness (QED) is 0.270. The number of unbranched alkanes of at least 4 members (excludes halogenated alkanes) is 3. The van der Waals surface area contributed by atoms with E-state index >= 15 is 0 Å². The van der Waals surface area contributed by atoms with E-state index in [4.69, 9.17) is 9.47 Å². The van der Waals surface area contributed by atoms with Gasteiger partial charge in [-0.1, -0.05) is 57.0 Å². The van der Waals surface area contributed by atoms with Gasteiger partial charge < -0.3 is 9.47 Å². The normalized spacial score (nSPS) is 10.2. The van der Waals surface area contributed by atoms with Crippen LogP contribution in [-0.4, -0.2) is 18.5 Å². The number of carbonyl (C=O) groups excluding carboxylic acids is 2. The minimum absolute atomic E-state index is 0.292. The third kappa shape index (κ3) is 5.88. The van der Waals surface area contributed by atoms with Crippen molar-refractivity contribution in [2.75, 3.05) is 6.61 Å². The fourth-order valence-electron chi connectivity index (χ4n) is 2.45. The molecule has 136 valence electrons. The van der Waals surface area contributed by atoms with Gasteiger partial charge in [0.15, 0.2) is 0 Å². The van der Waals surface area contributed by atoms with E-state index in [1.807, 2.05) is 24.3 Å². The summed E-state index contributed by atoms with van der Waals surface area (Å²) in [5, 5.41) is 0. The van der Waals surface area contributed by atoms with Gasteiger partial charge in [-0.2, -0.15) is 0 Å². The van der Waals surface area contributed by atoms with Crippen molar-refractivity contribution >= 4 is 11.9 Å². The maximum absolute atomic E-state index is 12.0. The van der Waals surface area contributed by atoms with Crippen LogP contribution in [0.3, 0.4) is 0 Å². The van der Waals surface area contributed by atoms with Crippen molar-refractivity contribution in [2.24, 2.45) is 0 Å². The van der Waals surface area contributed by atoms with Gasteiger partial charge in [0.05, 0.1) is 12.2 Å². The lowest BCUT2D eigenvalue weighted by molar-refractivity contribution is -0.128.